The first kappa shape index (κ1) is 12.3. The van der Waals surface area contributed by atoms with E-state index in [-0.39, 0.29) is 30.0 Å². The molecule has 3 unspecified atom stereocenters. The van der Waals surface area contributed by atoms with E-state index in [1.807, 2.05) is 0 Å². The van der Waals surface area contributed by atoms with E-state index in [0.717, 1.165) is 0 Å². The average Bonchev–Trinajstić information content (AvgIpc) is 2.94. The second-order valence-corrected chi connectivity index (χ2v) is 7.01. The number of carbonyl (C=O) groups excluding carboxylic acids is 1. The predicted molar refractivity (Wildman–Crippen MR) is 59.1 cm³/mol. The predicted octanol–water partition coefficient (Wildman–Crippen LogP) is -0.647. The summed E-state index contributed by atoms with van der Waals surface area (Å²) in [5.74, 6) is -2.22. The Kier molecular flexibility index (Phi) is 2.89. The molecule has 1 amide bonds. The van der Waals surface area contributed by atoms with Gasteiger partial charge in [-0.2, -0.15) is 0 Å². The van der Waals surface area contributed by atoms with Crippen molar-refractivity contribution in [2.24, 2.45) is 11.8 Å². The summed E-state index contributed by atoms with van der Waals surface area (Å²) in [6.45, 7) is 1.87. The highest BCUT2D eigenvalue weighted by Gasteiger charge is 2.51. The number of aliphatic carboxylic acids is 1. The molecule has 0 radical (unpaired) electrons. The summed E-state index contributed by atoms with van der Waals surface area (Å²) in [5.41, 5.74) is 0. The van der Waals surface area contributed by atoms with Crippen LogP contribution in [0.15, 0.2) is 0 Å². The molecule has 2 rings (SSSR count). The van der Waals surface area contributed by atoms with Gasteiger partial charge in [0, 0.05) is 12.6 Å². The summed E-state index contributed by atoms with van der Waals surface area (Å²) in [7, 11) is -3.04. The highest BCUT2D eigenvalue weighted by molar-refractivity contribution is 7.91. The van der Waals surface area contributed by atoms with E-state index in [1.165, 1.54) is 4.90 Å². The summed E-state index contributed by atoms with van der Waals surface area (Å²) in [6, 6.07) is -0.351. The number of hydrogen-bond acceptors (Lipinski definition) is 4. The van der Waals surface area contributed by atoms with Crippen LogP contribution in [0.5, 0.6) is 0 Å². The molecule has 6 nitrogen and oxygen atoms in total. The van der Waals surface area contributed by atoms with Gasteiger partial charge in [0.1, 0.15) is 0 Å². The van der Waals surface area contributed by atoms with Crippen LogP contribution in [0, 0.1) is 11.8 Å². The second kappa shape index (κ2) is 3.97. The van der Waals surface area contributed by atoms with Crippen molar-refractivity contribution in [3.63, 3.8) is 0 Å². The third kappa shape index (κ3) is 2.43. The topological polar surface area (TPSA) is 91.8 Å². The van der Waals surface area contributed by atoms with Crippen LogP contribution in [0.25, 0.3) is 0 Å². The number of amides is 1. The first-order valence-electron chi connectivity index (χ1n) is 5.55. The van der Waals surface area contributed by atoms with Crippen LogP contribution < -0.4 is 0 Å². The third-order valence-corrected chi connectivity index (χ3v) is 5.17. The standard InChI is InChI=1S/C10H15NO5S/c1-6-5-17(15,16)3-2-11(6)9(12)7-4-8(7)10(13)14/h6-8H,2-5H2,1H3,(H,13,14). The van der Waals surface area contributed by atoms with Gasteiger partial charge in [-0.3, -0.25) is 9.59 Å². The first-order valence-corrected chi connectivity index (χ1v) is 7.37. The normalized spacial score (nSPS) is 35.4. The zero-order valence-electron chi connectivity index (χ0n) is 9.50. The Morgan fingerprint density at radius 2 is 1.94 bits per heavy atom. The van der Waals surface area contributed by atoms with Crippen LogP contribution in [0.3, 0.4) is 0 Å². The quantitative estimate of drug-likeness (QED) is 0.713. The maximum atomic E-state index is 12.0. The van der Waals surface area contributed by atoms with Gasteiger partial charge in [0.05, 0.1) is 23.3 Å². The molecule has 1 aliphatic carbocycles. The molecule has 2 fully saturated rings. The summed E-state index contributed by atoms with van der Waals surface area (Å²) in [4.78, 5) is 24.2. The lowest BCUT2D eigenvalue weighted by Crippen LogP contribution is -2.50. The molecule has 1 saturated heterocycles. The zero-order chi connectivity index (χ0) is 12.8. The van der Waals surface area contributed by atoms with Gasteiger partial charge in [0.25, 0.3) is 0 Å². The minimum absolute atomic E-state index is 0.0203. The van der Waals surface area contributed by atoms with E-state index in [0.29, 0.717) is 6.42 Å². The van der Waals surface area contributed by atoms with Crippen molar-refractivity contribution in [3.05, 3.63) is 0 Å². The Balaban J connectivity index is 2.00. The molecule has 1 saturated carbocycles. The summed E-state index contributed by atoms with van der Waals surface area (Å²) >= 11 is 0. The average molecular weight is 261 g/mol. The van der Waals surface area contributed by atoms with Crippen LogP contribution in [-0.4, -0.2) is 54.4 Å². The van der Waals surface area contributed by atoms with E-state index in [4.69, 9.17) is 5.11 Å². The number of carboxylic acid groups (broad SMARTS) is 1. The molecule has 0 bridgehead atoms. The molecular formula is C10H15NO5S. The molecule has 0 spiro atoms. The Morgan fingerprint density at radius 1 is 1.29 bits per heavy atom. The van der Waals surface area contributed by atoms with Crippen LogP contribution in [-0.2, 0) is 19.4 Å². The monoisotopic (exact) mass is 261 g/mol. The summed E-state index contributed by atoms with van der Waals surface area (Å²) < 4.78 is 22.7. The fourth-order valence-corrected chi connectivity index (χ4v) is 3.84. The number of nitrogens with zero attached hydrogens (tertiary/aromatic N) is 1. The molecule has 96 valence electrons. The summed E-state index contributed by atoms with van der Waals surface area (Å²) in [6.07, 6.45) is 0.379. The van der Waals surface area contributed by atoms with Gasteiger partial charge in [-0.05, 0) is 13.3 Å². The number of carbonyl (C=O) groups is 2. The minimum atomic E-state index is -3.04. The van der Waals surface area contributed by atoms with Gasteiger partial charge in [-0.15, -0.1) is 0 Å². The Bertz CT molecular complexity index is 457. The lowest BCUT2D eigenvalue weighted by atomic mass is 10.2. The van der Waals surface area contributed by atoms with Crippen LogP contribution in [0.1, 0.15) is 13.3 Å². The van der Waals surface area contributed by atoms with Gasteiger partial charge in [0.15, 0.2) is 9.84 Å². The van der Waals surface area contributed by atoms with Crippen molar-refractivity contribution < 1.29 is 23.1 Å². The lowest BCUT2D eigenvalue weighted by molar-refractivity contribution is -0.142. The van der Waals surface area contributed by atoms with Crippen molar-refractivity contribution in [2.75, 3.05) is 18.1 Å². The van der Waals surface area contributed by atoms with Crippen molar-refractivity contribution in [2.45, 2.75) is 19.4 Å². The Hall–Kier alpha value is -1.11. The van der Waals surface area contributed by atoms with E-state index in [9.17, 15) is 18.0 Å². The second-order valence-electron chi connectivity index (χ2n) is 4.78. The van der Waals surface area contributed by atoms with Crippen molar-refractivity contribution in [3.8, 4) is 0 Å². The van der Waals surface area contributed by atoms with Crippen molar-refractivity contribution >= 4 is 21.7 Å². The third-order valence-electron chi connectivity index (χ3n) is 3.38. The molecule has 1 N–H and O–H groups in total. The molecule has 17 heavy (non-hydrogen) atoms. The molecule has 0 aromatic rings. The van der Waals surface area contributed by atoms with Gasteiger partial charge in [0.2, 0.25) is 5.91 Å². The molecule has 7 heteroatoms. The van der Waals surface area contributed by atoms with Crippen LogP contribution >= 0.6 is 0 Å². The molecular weight excluding hydrogens is 246 g/mol. The van der Waals surface area contributed by atoms with E-state index in [1.54, 1.807) is 6.92 Å². The highest BCUT2D eigenvalue weighted by atomic mass is 32.2. The Morgan fingerprint density at radius 3 is 2.41 bits per heavy atom. The van der Waals surface area contributed by atoms with Crippen molar-refractivity contribution in [1.82, 2.24) is 4.90 Å². The van der Waals surface area contributed by atoms with E-state index >= 15 is 0 Å². The number of carboxylic acids is 1. The molecule has 0 aromatic carbocycles. The fraction of sp³-hybridized carbons (Fsp3) is 0.800. The van der Waals surface area contributed by atoms with E-state index < -0.39 is 27.6 Å². The largest absolute Gasteiger partial charge is 0.481 e. The maximum Gasteiger partial charge on any atom is 0.307 e. The number of hydrogen-bond donors (Lipinski definition) is 1. The van der Waals surface area contributed by atoms with Crippen molar-refractivity contribution in [1.29, 1.82) is 0 Å². The lowest BCUT2D eigenvalue weighted by Gasteiger charge is -2.33. The van der Waals surface area contributed by atoms with Crippen LogP contribution in [0.2, 0.25) is 0 Å². The van der Waals surface area contributed by atoms with Crippen LogP contribution in [0.4, 0.5) is 0 Å². The Labute approximate surface area is 99.5 Å². The molecule has 2 aliphatic rings. The maximum absolute atomic E-state index is 12.0. The first-order chi connectivity index (χ1) is 7.82. The molecule has 1 aliphatic heterocycles. The minimum Gasteiger partial charge on any atom is -0.481 e. The van der Waals surface area contributed by atoms with E-state index in [2.05, 4.69) is 0 Å². The molecule has 1 heterocycles. The van der Waals surface area contributed by atoms with Gasteiger partial charge < -0.3 is 10.0 Å². The van der Waals surface area contributed by atoms with Gasteiger partial charge >= 0.3 is 5.97 Å². The SMILES string of the molecule is CC1CS(=O)(=O)CCN1C(=O)C1CC1C(=O)O. The highest BCUT2D eigenvalue weighted by Crippen LogP contribution is 2.40. The summed E-state index contributed by atoms with van der Waals surface area (Å²) in [5, 5.41) is 8.75. The number of sulfone groups is 1. The van der Waals surface area contributed by atoms with Gasteiger partial charge in [-0.1, -0.05) is 0 Å². The smallest absolute Gasteiger partial charge is 0.307 e. The fourth-order valence-electron chi connectivity index (χ4n) is 2.28. The molecule has 3 atom stereocenters. The van der Waals surface area contributed by atoms with Gasteiger partial charge in [-0.25, -0.2) is 8.42 Å². The molecule has 0 aromatic heterocycles. The zero-order valence-corrected chi connectivity index (χ0v) is 10.3. The number of rotatable bonds is 2.